The Morgan fingerprint density at radius 3 is 2.53 bits per heavy atom. The summed E-state index contributed by atoms with van der Waals surface area (Å²) in [5, 5.41) is 12.6. The van der Waals surface area contributed by atoms with Crippen molar-refractivity contribution in [3.05, 3.63) is 64.6 Å². The van der Waals surface area contributed by atoms with E-state index in [0.717, 1.165) is 0 Å². The molecule has 0 radical (unpaired) electrons. The number of rotatable bonds is 8. The minimum Gasteiger partial charge on any atom is -0.482 e. The lowest BCUT2D eigenvalue weighted by Crippen LogP contribution is -2.34. The molecule has 3 aromatic rings. The van der Waals surface area contributed by atoms with Gasteiger partial charge in [-0.1, -0.05) is 11.6 Å². The maximum absolute atomic E-state index is 12.9. The van der Waals surface area contributed by atoms with Crippen LogP contribution in [0, 0.1) is 18.3 Å². The average molecular weight is 455 g/mol. The molecule has 3 rings (SSSR count). The van der Waals surface area contributed by atoms with E-state index in [1.807, 2.05) is 19.9 Å². The van der Waals surface area contributed by atoms with E-state index >= 15 is 0 Å². The molecule has 0 fully saturated rings. The molecule has 9 heteroatoms. The van der Waals surface area contributed by atoms with E-state index < -0.39 is 5.91 Å². The van der Waals surface area contributed by atoms with E-state index in [9.17, 15) is 14.9 Å². The molecular weight excluding hydrogens is 432 g/mol. The van der Waals surface area contributed by atoms with Gasteiger partial charge in [-0.15, -0.1) is 0 Å². The van der Waals surface area contributed by atoms with Gasteiger partial charge in [-0.05, 0) is 51.1 Å². The smallest absolute Gasteiger partial charge is 0.260 e. The number of nitrogens with one attached hydrogen (secondary N) is 1. The lowest BCUT2D eigenvalue weighted by molar-refractivity contribution is -0.132. The Bertz CT molecular complexity index is 1160. The molecule has 2 amide bonds. The van der Waals surface area contributed by atoms with Gasteiger partial charge in [0, 0.05) is 31.2 Å². The Balaban J connectivity index is 1.75. The lowest BCUT2D eigenvalue weighted by Gasteiger charge is -2.19. The predicted molar refractivity (Wildman–Crippen MR) is 120 cm³/mol. The lowest BCUT2D eigenvalue weighted by atomic mass is 10.1. The van der Waals surface area contributed by atoms with Crippen LogP contribution in [0.2, 0.25) is 5.02 Å². The number of carbonyl (C=O) groups excluding carboxylic acids is 2. The molecule has 0 bridgehead atoms. The third kappa shape index (κ3) is 4.79. The topological polar surface area (TPSA) is 100 Å². The zero-order chi connectivity index (χ0) is 23.3. The van der Waals surface area contributed by atoms with Gasteiger partial charge in [-0.2, -0.15) is 5.26 Å². The SMILES string of the molecule is CCN(CC)C(=O)COc1ccc(NC(=O)c2c(C)oc(-n3cccc3)c2C#N)cc1Cl. The molecule has 0 aliphatic rings. The normalized spacial score (nSPS) is 10.5. The van der Waals surface area contributed by atoms with Crippen molar-refractivity contribution in [1.82, 2.24) is 9.47 Å². The molecule has 0 saturated heterocycles. The van der Waals surface area contributed by atoms with Crippen LogP contribution in [0.4, 0.5) is 5.69 Å². The molecular formula is C23H23ClN4O4. The first-order valence-corrected chi connectivity index (χ1v) is 10.5. The number of hydrogen-bond acceptors (Lipinski definition) is 5. The summed E-state index contributed by atoms with van der Waals surface area (Å²) in [6.45, 7) is 6.48. The summed E-state index contributed by atoms with van der Waals surface area (Å²) in [5.74, 6) is 0.296. The number of nitrogens with zero attached hydrogens (tertiary/aromatic N) is 3. The van der Waals surface area contributed by atoms with Crippen molar-refractivity contribution in [2.45, 2.75) is 20.8 Å². The molecule has 0 saturated carbocycles. The average Bonchev–Trinajstić information content (AvgIpc) is 3.41. The van der Waals surface area contributed by atoms with Crippen molar-refractivity contribution in [2.75, 3.05) is 25.0 Å². The largest absolute Gasteiger partial charge is 0.482 e. The minimum absolute atomic E-state index is 0.130. The Morgan fingerprint density at radius 2 is 1.94 bits per heavy atom. The third-order valence-corrected chi connectivity index (χ3v) is 5.20. The van der Waals surface area contributed by atoms with E-state index in [4.69, 9.17) is 20.8 Å². The monoisotopic (exact) mass is 454 g/mol. The number of nitriles is 1. The first-order chi connectivity index (χ1) is 15.4. The quantitative estimate of drug-likeness (QED) is 0.543. The van der Waals surface area contributed by atoms with Gasteiger partial charge < -0.3 is 19.4 Å². The summed E-state index contributed by atoms with van der Waals surface area (Å²) < 4.78 is 12.8. The zero-order valence-electron chi connectivity index (χ0n) is 18.0. The number of likely N-dealkylation sites (N-methyl/N-ethyl adjacent to an activating group) is 1. The van der Waals surface area contributed by atoms with Gasteiger partial charge in [0.1, 0.15) is 28.7 Å². The third-order valence-electron chi connectivity index (χ3n) is 4.90. The van der Waals surface area contributed by atoms with Gasteiger partial charge in [0.05, 0.1) is 5.02 Å². The Morgan fingerprint density at radius 1 is 1.25 bits per heavy atom. The molecule has 166 valence electrons. The molecule has 1 aromatic carbocycles. The van der Waals surface area contributed by atoms with E-state index in [0.29, 0.717) is 30.3 Å². The van der Waals surface area contributed by atoms with Crippen molar-refractivity contribution in [3.8, 4) is 17.7 Å². The van der Waals surface area contributed by atoms with Gasteiger partial charge in [0.25, 0.3) is 11.8 Å². The number of furan rings is 1. The summed E-state index contributed by atoms with van der Waals surface area (Å²) in [5.41, 5.74) is 0.698. The van der Waals surface area contributed by atoms with Gasteiger partial charge in [0.2, 0.25) is 5.88 Å². The van der Waals surface area contributed by atoms with Crippen LogP contribution < -0.4 is 10.1 Å². The molecule has 0 spiro atoms. The first kappa shape index (κ1) is 23.0. The maximum atomic E-state index is 12.9. The minimum atomic E-state index is -0.498. The Kier molecular flexibility index (Phi) is 7.23. The van der Waals surface area contributed by atoms with Crippen LogP contribution in [0.3, 0.4) is 0 Å². The fraction of sp³-hybridized carbons (Fsp3) is 0.261. The summed E-state index contributed by atoms with van der Waals surface area (Å²) in [7, 11) is 0. The highest BCUT2D eigenvalue weighted by molar-refractivity contribution is 6.32. The van der Waals surface area contributed by atoms with Gasteiger partial charge in [0.15, 0.2) is 6.61 Å². The highest BCUT2D eigenvalue weighted by Gasteiger charge is 2.24. The van der Waals surface area contributed by atoms with Crippen LogP contribution in [0.15, 0.2) is 47.1 Å². The second-order valence-corrected chi connectivity index (χ2v) is 7.28. The summed E-state index contributed by atoms with van der Waals surface area (Å²) >= 11 is 6.28. The van der Waals surface area contributed by atoms with Crippen molar-refractivity contribution in [1.29, 1.82) is 5.26 Å². The van der Waals surface area contributed by atoms with Gasteiger partial charge >= 0.3 is 0 Å². The molecule has 0 aliphatic heterocycles. The second-order valence-electron chi connectivity index (χ2n) is 6.87. The van der Waals surface area contributed by atoms with E-state index in [1.165, 1.54) is 6.07 Å². The number of aryl methyl sites for hydroxylation is 1. The van der Waals surface area contributed by atoms with Crippen molar-refractivity contribution in [3.63, 3.8) is 0 Å². The molecule has 2 aromatic heterocycles. The molecule has 0 aliphatic carbocycles. The number of aromatic nitrogens is 1. The summed E-state index contributed by atoms with van der Waals surface area (Å²) in [4.78, 5) is 26.7. The van der Waals surface area contributed by atoms with Crippen LogP contribution >= 0.6 is 11.6 Å². The molecule has 2 heterocycles. The number of amides is 2. The van der Waals surface area contributed by atoms with Crippen LogP contribution in [0.25, 0.3) is 5.88 Å². The van der Waals surface area contributed by atoms with Crippen molar-refractivity contribution >= 4 is 29.1 Å². The number of hydrogen-bond donors (Lipinski definition) is 1. The highest BCUT2D eigenvalue weighted by atomic mass is 35.5. The van der Waals surface area contributed by atoms with Crippen LogP contribution in [0.1, 0.15) is 35.5 Å². The van der Waals surface area contributed by atoms with Crippen molar-refractivity contribution < 1.29 is 18.7 Å². The van der Waals surface area contributed by atoms with Gasteiger partial charge in [-0.25, -0.2) is 0 Å². The summed E-state index contributed by atoms with van der Waals surface area (Å²) in [6.07, 6.45) is 3.45. The van der Waals surface area contributed by atoms with E-state index in [-0.39, 0.29) is 34.5 Å². The van der Waals surface area contributed by atoms with Crippen molar-refractivity contribution in [2.24, 2.45) is 0 Å². The number of halogens is 1. The molecule has 0 atom stereocenters. The Hall–Kier alpha value is -3.70. The molecule has 8 nitrogen and oxygen atoms in total. The fourth-order valence-corrected chi connectivity index (χ4v) is 3.49. The van der Waals surface area contributed by atoms with Crippen LogP contribution in [-0.4, -0.2) is 41.0 Å². The van der Waals surface area contributed by atoms with Crippen LogP contribution in [0.5, 0.6) is 5.75 Å². The predicted octanol–water partition coefficient (Wildman–Crippen LogP) is 4.40. The zero-order valence-corrected chi connectivity index (χ0v) is 18.8. The maximum Gasteiger partial charge on any atom is 0.260 e. The standard InChI is InChI=1S/C23H23ClN4O4/c1-4-27(5-2)20(29)14-31-19-9-8-16(12-18(19)24)26-22(30)21-15(3)32-23(17(21)13-25)28-10-6-7-11-28/h6-12H,4-5,14H2,1-3H3,(H,26,30). The van der Waals surface area contributed by atoms with E-state index in [1.54, 1.807) is 53.0 Å². The fourth-order valence-electron chi connectivity index (χ4n) is 3.26. The molecule has 32 heavy (non-hydrogen) atoms. The number of anilines is 1. The molecule has 1 N–H and O–H groups in total. The highest BCUT2D eigenvalue weighted by Crippen LogP contribution is 2.30. The van der Waals surface area contributed by atoms with Crippen LogP contribution in [-0.2, 0) is 4.79 Å². The van der Waals surface area contributed by atoms with Gasteiger partial charge in [-0.3, -0.25) is 14.2 Å². The number of benzene rings is 1. The number of carbonyl (C=O) groups is 2. The summed E-state index contributed by atoms with van der Waals surface area (Å²) in [6, 6.07) is 10.3. The number of ether oxygens (including phenoxy) is 1. The first-order valence-electron chi connectivity index (χ1n) is 10.1. The Labute approximate surface area is 190 Å². The molecule has 0 unspecified atom stereocenters. The second kappa shape index (κ2) is 10.1. The van der Waals surface area contributed by atoms with E-state index in [2.05, 4.69) is 5.32 Å².